The van der Waals surface area contributed by atoms with Crippen LogP contribution in [0.15, 0.2) is 29.2 Å². The number of sulfone groups is 1. The number of hydrogen-bond acceptors (Lipinski definition) is 5. The van der Waals surface area contributed by atoms with E-state index in [2.05, 4.69) is 10.6 Å². The molecular formula is C17H27ClN2O4S. The maximum absolute atomic E-state index is 11.8. The smallest absolute Gasteiger partial charge is 0.220 e. The molecule has 0 aromatic heterocycles. The van der Waals surface area contributed by atoms with E-state index in [0.717, 1.165) is 38.8 Å². The van der Waals surface area contributed by atoms with Crippen LogP contribution in [0, 0.1) is 0 Å². The summed E-state index contributed by atoms with van der Waals surface area (Å²) >= 11 is 0. The van der Waals surface area contributed by atoms with Crippen LogP contribution in [0.25, 0.3) is 0 Å². The number of nitrogens with one attached hydrogen (secondary N) is 2. The molecule has 142 valence electrons. The summed E-state index contributed by atoms with van der Waals surface area (Å²) in [6, 6.07) is 6.64. The summed E-state index contributed by atoms with van der Waals surface area (Å²) < 4.78 is 28.3. The third kappa shape index (κ3) is 8.07. The van der Waals surface area contributed by atoms with Crippen molar-refractivity contribution in [2.45, 2.75) is 43.0 Å². The number of ether oxygens (including phenoxy) is 1. The molecule has 1 aromatic carbocycles. The van der Waals surface area contributed by atoms with Crippen LogP contribution in [0.1, 0.15) is 32.1 Å². The van der Waals surface area contributed by atoms with Crippen molar-refractivity contribution in [2.75, 3.05) is 26.0 Å². The van der Waals surface area contributed by atoms with Gasteiger partial charge in [-0.1, -0.05) is 0 Å². The fraction of sp³-hybridized carbons (Fsp3) is 0.588. The fourth-order valence-electron chi connectivity index (χ4n) is 2.64. The first-order valence-corrected chi connectivity index (χ1v) is 10.3. The summed E-state index contributed by atoms with van der Waals surface area (Å²) in [4.78, 5) is 12.1. The van der Waals surface area contributed by atoms with Gasteiger partial charge < -0.3 is 15.4 Å². The van der Waals surface area contributed by atoms with E-state index >= 15 is 0 Å². The van der Waals surface area contributed by atoms with Crippen LogP contribution in [-0.4, -0.2) is 46.3 Å². The number of hydrogen-bond donors (Lipinski definition) is 2. The van der Waals surface area contributed by atoms with E-state index in [9.17, 15) is 13.2 Å². The van der Waals surface area contributed by atoms with Gasteiger partial charge in [-0.25, -0.2) is 8.42 Å². The Hall–Kier alpha value is -1.31. The largest absolute Gasteiger partial charge is 0.494 e. The van der Waals surface area contributed by atoms with Crippen LogP contribution in [0.5, 0.6) is 5.75 Å². The molecule has 1 atom stereocenters. The summed E-state index contributed by atoms with van der Waals surface area (Å²) in [6.45, 7) is 2.41. The van der Waals surface area contributed by atoms with Crippen LogP contribution in [0.2, 0.25) is 0 Å². The molecule has 6 nitrogen and oxygen atoms in total. The SMILES string of the molecule is CS(=O)(=O)c1ccc(OCCCCC(=O)NC2CCCNC2)cc1.Cl. The zero-order valence-electron chi connectivity index (χ0n) is 14.5. The standard InChI is InChI=1S/C17H26N2O4S.ClH/c1-24(21,22)16-9-7-15(8-10-16)23-12-3-2-6-17(20)19-14-5-4-11-18-13-14;/h7-10,14,18H,2-6,11-13H2,1H3,(H,19,20);1H. The van der Waals surface area contributed by atoms with E-state index in [1.165, 1.54) is 18.4 Å². The first-order valence-electron chi connectivity index (χ1n) is 8.38. The Kier molecular flexibility index (Phi) is 9.24. The molecule has 0 bridgehead atoms. The monoisotopic (exact) mass is 390 g/mol. The van der Waals surface area contributed by atoms with Gasteiger partial charge in [0, 0.05) is 25.3 Å². The van der Waals surface area contributed by atoms with Gasteiger partial charge in [-0.15, -0.1) is 12.4 Å². The number of carbonyl (C=O) groups excluding carboxylic acids is 1. The molecule has 0 radical (unpaired) electrons. The number of amides is 1. The van der Waals surface area contributed by atoms with Gasteiger partial charge in [0.15, 0.2) is 9.84 Å². The molecule has 0 saturated carbocycles. The minimum atomic E-state index is -3.18. The van der Waals surface area contributed by atoms with Crippen molar-refractivity contribution >= 4 is 28.2 Å². The van der Waals surface area contributed by atoms with Crippen LogP contribution in [0.3, 0.4) is 0 Å². The van der Waals surface area contributed by atoms with Crippen molar-refractivity contribution < 1.29 is 17.9 Å². The van der Waals surface area contributed by atoms with E-state index in [1.807, 2.05) is 0 Å². The van der Waals surface area contributed by atoms with E-state index in [4.69, 9.17) is 4.74 Å². The van der Waals surface area contributed by atoms with E-state index in [1.54, 1.807) is 12.1 Å². The van der Waals surface area contributed by atoms with Crippen LogP contribution in [-0.2, 0) is 14.6 Å². The second-order valence-corrected chi connectivity index (χ2v) is 8.18. The van der Waals surface area contributed by atoms with Gasteiger partial charge in [0.05, 0.1) is 11.5 Å². The first-order chi connectivity index (χ1) is 11.4. The average molecular weight is 391 g/mol. The second-order valence-electron chi connectivity index (χ2n) is 6.16. The van der Waals surface area contributed by atoms with E-state index in [-0.39, 0.29) is 29.3 Å². The summed E-state index contributed by atoms with van der Waals surface area (Å²) in [5, 5.41) is 6.32. The van der Waals surface area contributed by atoms with Crippen molar-refractivity contribution in [3.63, 3.8) is 0 Å². The number of unbranched alkanes of at least 4 members (excludes halogenated alkanes) is 1. The summed E-state index contributed by atoms with van der Waals surface area (Å²) in [5.74, 6) is 0.737. The molecule has 0 aliphatic carbocycles. The molecule has 8 heteroatoms. The molecule has 1 unspecified atom stereocenters. The number of benzene rings is 1. The zero-order valence-corrected chi connectivity index (χ0v) is 16.1. The van der Waals surface area contributed by atoms with Crippen molar-refractivity contribution in [3.05, 3.63) is 24.3 Å². The molecule has 1 heterocycles. The lowest BCUT2D eigenvalue weighted by atomic mass is 10.1. The van der Waals surface area contributed by atoms with Crippen LogP contribution in [0.4, 0.5) is 0 Å². The minimum absolute atomic E-state index is 0. The molecule has 2 N–H and O–H groups in total. The van der Waals surface area contributed by atoms with Crippen molar-refractivity contribution in [2.24, 2.45) is 0 Å². The Morgan fingerprint density at radius 2 is 2.00 bits per heavy atom. The summed E-state index contributed by atoms with van der Waals surface area (Å²) in [7, 11) is -3.18. The molecular weight excluding hydrogens is 364 g/mol. The highest BCUT2D eigenvalue weighted by Crippen LogP contribution is 2.16. The minimum Gasteiger partial charge on any atom is -0.494 e. The average Bonchev–Trinajstić information content (AvgIpc) is 2.55. The number of halogens is 1. The molecule has 1 aromatic rings. The topological polar surface area (TPSA) is 84.5 Å². The molecule has 25 heavy (non-hydrogen) atoms. The van der Waals surface area contributed by atoms with Gasteiger partial charge >= 0.3 is 0 Å². The highest BCUT2D eigenvalue weighted by Gasteiger charge is 2.14. The maximum Gasteiger partial charge on any atom is 0.220 e. The van der Waals surface area contributed by atoms with Crippen LogP contribution >= 0.6 is 12.4 Å². The third-order valence-corrected chi connectivity index (χ3v) is 5.11. The Morgan fingerprint density at radius 3 is 2.60 bits per heavy atom. The summed E-state index contributed by atoms with van der Waals surface area (Å²) in [5.41, 5.74) is 0. The lowest BCUT2D eigenvalue weighted by Crippen LogP contribution is -2.45. The Morgan fingerprint density at radius 1 is 1.28 bits per heavy atom. The zero-order chi connectivity index (χ0) is 17.4. The highest BCUT2D eigenvalue weighted by molar-refractivity contribution is 7.90. The number of piperidine rings is 1. The lowest BCUT2D eigenvalue weighted by molar-refractivity contribution is -0.122. The Bertz CT molecular complexity index is 629. The number of carbonyl (C=O) groups is 1. The molecule has 0 spiro atoms. The van der Waals surface area contributed by atoms with Gasteiger partial charge in [-0.05, 0) is 56.5 Å². The summed E-state index contributed by atoms with van der Waals surface area (Å²) in [6.07, 6.45) is 5.39. The van der Waals surface area contributed by atoms with E-state index < -0.39 is 9.84 Å². The third-order valence-electron chi connectivity index (χ3n) is 3.98. The van der Waals surface area contributed by atoms with Gasteiger partial charge in [0.1, 0.15) is 5.75 Å². The second kappa shape index (κ2) is 10.6. The molecule has 1 aliphatic rings. The quantitative estimate of drug-likeness (QED) is 0.662. The molecule has 1 fully saturated rings. The predicted molar refractivity (Wildman–Crippen MR) is 100 cm³/mol. The van der Waals surface area contributed by atoms with Crippen molar-refractivity contribution in [3.8, 4) is 5.75 Å². The van der Waals surface area contributed by atoms with Gasteiger partial charge in [-0.2, -0.15) is 0 Å². The van der Waals surface area contributed by atoms with Crippen molar-refractivity contribution in [1.82, 2.24) is 10.6 Å². The van der Waals surface area contributed by atoms with Gasteiger partial charge in [-0.3, -0.25) is 4.79 Å². The highest BCUT2D eigenvalue weighted by atomic mass is 35.5. The first kappa shape index (κ1) is 21.7. The molecule has 2 rings (SSSR count). The van der Waals surface area contributed by atoms with Gasteiger partial charge in [0.2, 0.25) is 5.91 Å². The van der Waals surface area contributed by atoms with E-state index in [0.29, 0.717) is 18.8 Å². The molecule has 1 aliphatic heterocycles. The van der Waals surface area contributed by atoms with Gasteiger partial charge in [0.25, 0.3) is 0 Å². The number of rotatable bonds is 8. The van der Waals surface area contributed by atoms with Crippen molar-refractivity contribution in [1.29, 1.82) is 0 Å². The Labute approximate surface area is 156 Å². The maximum atomic E-state index is 11.8. The lowest BCUT2D eigenvalue weighted by Gasteiger charge is -2.23. The predicted octanol–water partition coefficient (Wildman–Crippen LogP) is 1.93. The fourth-order valence-corrected chi connectivity index (χ4v) is 3.27. The molecule has 1 saturated heterocycles. The molecule has 1 amide bonds. The Balaban J connectivity index is 0.00000312. The van der Waals surface area contributed by atoms with Crippen LogP contribution < -0.4 is 15.4 Å². The normalized spacial score (nSPS) is 17.4.